The minimum Gasteiger partial charge on any atom is -0.479 e. The molecule has 0 atom stereocenters. The number of nitrogens with two attached hydrogens (primary N) is 2. The van der Waals surface area contributed by atoms with E-state index in [1.165, 1.54) is 0 Å². The van der Waals surface area contributed by atoms with Gasteiger partial charge in [0, 0.05) is 24.3 Å². The van der Waals surface area contributed by atoms with Gasteiger partial charge in [0.15, 0.2) is 5.88 Å². The van der Waals surface area contributed by atoms with Crippen LogP contribution in [0.3, 0.4) is 0 Å². The second-order valence-electron chi connectivity index (χ2n) is 6.57. The number of aliphatic imine (C=N–C) groups is 1. The summed E-state index contributed by atoms with van der Waals surface area (Å²) in [6.07, 6.45) is 9.54. The molecular weight excluding hydrogens is 266 g/mol. The van der Waals surface area contributed by atoms with Crippen molar-refractivity contribution >= 4 is 6.21 Å². The molecule has 5 N–H and O–H groups in total. The van der Waals surface area contributed by atoms with E-state index in [1.807, 2.05) is 13.1 Å². The van der Waals surface area contributed by atoms with Crippen molar-refractivity contribution in [3.63, 3.8) is 0 Å². The van der Waals surface area contributed by atoms with Crippen molar-refractivity contribution in [3.05, 3.63) is 11.5 Å². The molecule has 0 aromatic rings. The van der Waals surface area contributed by atoms with Crippen molar-refractivity contribution < 1.29 is 9.84 Å². The van der Waals surface area contributed by atoms with Crippen molar-refractivity contribution in [1.82, 2.24) is 0 Å². The third kappa shape index (κ3) is 5.00. The van der Waals surface area contributed by atoms with E-state index in [2.05, 4.69) is 4.99 Å². The van der Waals surface area contributed by atoms with E-state index in [9.17, 15) is 5.11 Å². The molecule has 0 aliphatic heterocycles. The van der Waals surface area contributed by atoms with Gasteiger partial charge in [-0.15, -0.1) is 0 Å². The Morgan fingerprint density at radius 2 is 2.00 bits per heavy atom. The standard InChI is InChI=1S/C16H29N3O2/c1-12(11-19-14-5-3-13(17)4-6-14)15(18)21-10-9-16(20)7-2-8-16/h11,13-14,20H,2-10,17-18H2,1H3/b15-12+,19-11?. The number of hydrogen-bond donors (Lipinski definition) is 3. The van der Waals surface area contributed by atoms with Crippen LogP contribution in [0.2, 0.25) is 0 Å². The van der Waals surface area contributed by atoms with Crippen LogP contribution in [0.4, 0.5) is 0 Å². The molecule has 0 aromatic carbocycles. The molecule has 2 aliphatic carbocycles. The van der Waals surface area contributed by atoms with Crippen molar-refractivity contribution in [2.45, 2.75) is 76.0 Å². The molecule has 0 unspecified atom stereocenters. The lowest BCUT2D eigenvalue weighted by molar-refractivity contribution is -0.0533. The van der Waals surface area contributed by atoms with Gasteiger partial charge in [0.2, 0.25) is 0 Å². The fraction of sp³-hybridized carbons (Fsp3) is 0.812. The average Bonchev–Trinajstić information content (AvgIpc) is 2.44. The van der Waals surface area contributed by atoms with Crippen LogP contribution >= 0.6 is 0 Å². The highest BCUT2D eigenvalue weighted by Crippen LogP contribution is 2.34. The van der Waals surface area contributed by atoms with Crippen molar-refractivity contribution in [1.29, 1.82) is 0 Å². The van der Waals surface area contributed by atoms with E-state index in [-0.39, 0.29) is 0 Å². The van der Waals surface area contributed by atoms with Gasteiger partial charge in [-0.1, -0.05) is 0 Å². The van der Waals surface area contributed by atoms with E-state index >= 15 is 0 Å². The van der Waals surface area contributed by atoms with Crippen LogP contribution in [0.15, 0.2) is 16.4 Å². The average molecular weight is 295 g/mol. The Morgan fingerprint density at radius 3 is 2.57 bits per heavy atom. The minimum absolute atomic E-state index is 0.346. The molecule has 0 heterocycles. The number of rotatable bonds is 6. The van der Waals surface area contributed by atoms with Crippen molar-refractivity contribution in [3.8, 4) is 0 Å². The zero-order valence-corrected chi connectivity index (χ0v) is 13.1. The number of ether oxygens (including phenoxy) is 1. The van der Waals surface area contributed by atoms with Crippen LogP contribution < -0.4 is 11.5 Å². The van der Waals surface area contributed by atoms with Crippen LogP contribution in [-0.4, -0.2) is 35.6 Å². The smallest absolute Gasteiger partial charge is 0.188 e. The highest BCUT2D eigenvalue weighted by molar-refractivity contribution is 5.78. The molecule has 120 valence electrons. The first kappa shape index (κ1) is 16.3. The SMILES string of the molecule is C/C(C=NC1CCC(N)CC1)=C(/N)OCCC1(O)CCC1. The maximum Gasteiger partial charge on any atom is 0.188 e. The third-order valence-corrected chi connectivity index (χ3v) is 4.72. The van der Waals surface area contributed by atoms with Crippen LogP contribution in [0.25, 0.3) is 0 Å². The summed E-state index contributed by atoms with van der Waals surface area (Å²) in [7, 11) is 0. The van der Waals surface area contributed by atoms with Crippen LogP contribution in [0.5, 0.6) is 0 Å². The first-order valence-corrected chi connectivity index (χ1v) is 8.09. The van der Waals surface area contributed by atoms with Gasteiger partial charge in [0.1, 0.15) is 0 Å². The monoisotopic (exact) mass is 295 g/mol. The molecular formula is C16H29N3O2. The fourth-order valence-electron chi connectivity index (χ4n) is 2.83. The van der Waals surface area contributed by atoms with Crippen molar-refractivity contribution in [2.24, 2.45) is 16.5 Å². The molecule has 0 aromatic heterocycles. The van der Waals surface area contributed by atoms with Crippen LogP contribution in [-0.2, 0) is 4.74 Å². The lowest BCUT2D eigenvalue weighted by Crippen LogP contribution is -2.37. The Hall–Kier alpha value is -1.07. The number of hydrogen-bond acceptors (Lipinski definition) is 5. The summed E-state index contributed by atoms with van der Waals surface area (Å²) in [4.78, 5) is 4.57. The first-order chi connectivity index (χ1) is 9.98. The Balaban J connectivity index is 1.72. The second kappa shape index (κ2) is 7.27. The molecule has 2 aliphatic rings. The lowest BCUT2D eigenvalue weighted by Gasteiger charge is -2.36. The lowest BCUT2D eigenvalue weighted by atomic mass is 9.78. The molecule has 5 heteroatoms. The Morgan fingerprint density at radius 1 is 1.33 bits per heavy atom. The molecule has 0 bridgehead atoms. The van der Waals surface area contributed by atoms with Crippen LogP contribution in [0, 0.1) is 0 Å². The van der Waals surface area contributed by atoms with E-state index in [4.69, 9.17) is 16.2 Å². The normalized spacial score (nSPS) is 29.9. The number of allylic oxidation sites excluding steroid dienone is 1. The van der Waals surface area contributed by atoms with E-state index in [0.29, 0.717) is 31.0 Å². The zero-order valence-electron chi connectivity index (χ0n) is 13.1. The molecule has 0 saturated heterocycles. The maximum atomic E-state index is 9.98. The molecule has 2 saturated carbocycles. The summed E-state index contributed by atoms with van der Waals surface area (Å²) in [5, 5.41) is 9.98. The molecule has 21 heavy (non-hydrogen) atoms. The van der Waals surface area contributed by atoms with E-state index in [0.717, 1.165) is 50.5 Å². The van der Waals surface area contributed by atoms with Gasteiger partial charge in [-0.05, 0) is 51.9 Å². The van der Waals surface area contributed by atoms with Crippen LogP contribution in [0.1, 0.15) is 58.3 Å². The van der Waals surface area contributed by atoms with E-state index in [1.54, 1.807) is 0 Å². The number of nitrogens with zero attached hydrogens (tertiary/aromatic N) is 1. The van der Waals surface area contributed by atoms with E-state index < -0.39 is 5.60 Å². The quantitative estimate of drug-likeness (QED) is 0.515. The third-order valence-electron chi connectivity index (χ3n) is 4.72. The van der Waals surface area contributed by atoms with Gasteiger partial charge in [-0.25, -0.2) is 0 Å². The zero-order chi connectivity index (χ0) is 15.3. The van der Waals surface area contributed by atoms with Gasteiger partial charge in [-0.2, -0.15) is 0 Å². The van der Waals surface area contributed by atoms with Gasteiger partial charge < -0.3 is 21.3 Å². The van der Waals surface area contributed by atoms with Gasteiger partial charge >= 0.3 is 0 Å². The Labute approximate surface area is 127 Å². The Kier molecular flexibility index (Phi) is 5.65. The predicted molar refractivity (Wildman–Crippen MR) is 85.0 cm³/mol. The highest BCUT2D eigenvalue weighted by Gasteiger charge is 2.33. The van der Waals surface area contributed by atoms with Gasteiger partial charge in [0.25, 0.3) is 0 Å². The molecule has 0 spiro atoms. The van der Waals surface area contributed by atoms with Gasteiger partial charge in [0.05, 0.1) is 18.2 Å². The summed E-state index contributed by atoms with van der Waals surface area (Å²) in [6.45, 7) is 2.37. The van der Waals surface area contributed by atoms with Gasteiger partial charge in [-0.3, -0.25) is 4.99 Å². The first-order valence-electron chi connectivity index (χ1n) is 8.09. The molecule has 0 amide bonds. The summed E-state index contributed by atoms with van der Waals surface area (Å²) in [5.74, 6) is 0.411. The fourth-order valence-corrected chi connectivity index (χ4v) is 2.83. The molecule has 2 fully saturated rings. The summed E-state index contributed by atoms with van der Waals surface area (Å²) >= 11 is 0. The predicted octanol–water partition coefficient (Wildman–Crippen LogP) is 1.84. The maximum absolute atomic E-state index is 9.98. The minimum atomic E-state index is -0.511. The topological polar surface area (TPSA) is 93.9 Å². The molecule has 0 radical (unpaired) electrons. The van der Waals surface area contributed by atoms with Crippen molar-refractivity contribution in [2.75, 3.05) is 6.61 Å². The largest absolute Gasteiger partial charge is 0.479 e. The Bertz CT molecular complexity index is 394. The molecule has 2 rings (SSSR count). The molecule has 5 nitrogen and oxygen atoms in total. The summed E-state index contributed by atoms with van der Waals surface area (Å²) < 4.78 is 5.52. The number of aliphatic hydroxyl groups is 1. The summed E-state index contributed by atoms with van der Waals surface area (Å²) in [6, 6.07) is 0.710. The highest BCUT2D eigenvalue weighted by atomic mass is 16.5. The summed E-state index contributed by atoms with van der Waals surface area (Å²) in [5.41, 5.74) is 12.1. The second-order valence-corrected chi connectivity index (χ2v) is 6.57.